The average Bonchev–Trinajstić information content (AvgIpc) is 2.72. The summed E-state index contributed by atoms with van der Waals surface area (Å²) in [5, 5.41) is 0. The summed E-state index contributed by atoms with van der Waals surface area (Å²) in [5.41, 5.74) is 8.88. The van der Waals surface area contributed by atoms with E-state index in [9.17, 15) is 0 Å². The Morgan fingerprint density at radius 3 is 2.31 bits per heavy atom. The van der Waals surface area contributed by atoms with E-state index in [1.807, 2.05) is 12.3 Å². The van der Waals surface area contributed by atoms with Crippen molar-refractivity contribution in [3.05, 3.63) is 83.4 Å². The van der Waals surface area contributed by atoms with Crippen molar-refractivity contribution in [1.29, 1.82) is 0 Å². The molecule has 1 aliphatic heterocycles. The molecule has 0 spiro atoms. The van der Waals surface area contributed by atoms with Crippen molar-refractivity contribution < 1.29 is 0 Å². The Morgan fingerprint density at radius 2 is 1.62 bits per heavy atom. The van der Waals surface area contributed by atoms with E-state index >= 15 is 0 Å². The Morgan fingerprint density at radius 1 is 0.966 bits per heavy atom. The minimum Gasteiger partial charge on any atom is -0.369 e. The van der Waals surface area contributed by atoms with Crippen molar-refractivity contribution in [2.75, 3.05) is 11.9 Å². The quantitative estimate of drug-likeness (QED) is 0.440. The predicted octanol–water partition coefficient (Wildman–Crippen LogP) is 7.13. The van der Waals surface area contributed by atoms with Gasteiger partial charge in [0.2, 0.25) is 0 Å². The number of fused-ring (bicyclic) bond motifs is 1. The summed E-state index contributed by atoms with van der Waals surface area (Å²) < 4.78 is 0. The van der Waals surface area contributed by atoms with Crippen LogP contribution in [0.4, 0.5) is 11.4 Å². The van der Waals surface area contributed by atoms with Crippen LogP contribution in [0.15, 0.2) is 71.7 Å². The highest BCUT2D eigenvalue weighted by molar-refractivity contribution is 5.86. The normalized spacial score (nSPS) is 18.1. The SMILES string of the molecule is Cc1cc2c(cc1C=Nc1ccc(-c3ccccc3)cc1)C(C)CC(C)(C)N2C. The van der Waals surface area contributed by atoms with Crippen LogP contribution in [-0.2, 0) is 0 Å². The van der Waals surface area contributed by atoms with Gasteiger partial charge < -0.3 is 4.90 Å². The van der Waals surface area contributed by atoms with Gasteiger partial charge in [-0.05, 0) is 85.2 Å². The van der Waals surface area contributed by atoms with E-state index in [1.165, 1.54) is 33.5 Å². The van der Waals surface area contributed by atoms with Crippen molar-refractivity contribution in [2.24, 2.45) is 4.99 Å². The van der Waals surface area contributed by atoms with Gasteiger partial charge in [0.05, 0.1) is 5.69 Å². The number of hydrogen-bond donors (Lipinski definition) is 0. The van der Waals surface area contributed by atoms with Gasteiger partial charge in [0.1, 0.15) is 0 Å². The molecular weight excluding hydrogens is 352 g/mol. The smallest absolute Gasteiger partial charge is 0.0630 e. The monoisotopic (exact) mass is 382 g/mol. The van der Waals surface area contributed by atoms with Gasteiger partial charge in [0.25, 0.3) is 0 Å². The highest BCUT2D eigenvalue weighted by Crippen LogP contribution is 2.43. The first kappa shape index (κ1) is 19.4. The number of aliphatic imine (C=N–C) groups is 1. The van der Waals surface area contributed by atoms with Gasteiger partial charge in [-0.3, -0.25) is 4.99 Å². The van der Waals surface area contributed by atoms with Crippen LogP contribution >= 0.6 is 0 Å². The van der Waals surface area contributed by atoms with E-state index in [1.54, 1.807) is 0 Å². The first-order chi connectivity index (χ1) is 13.8. The highest BCUT2D eigenvalue weighted by atomic mass is 15.2. The maximum absolute atomic E-state index is 4.76. The number of rotatable bonds is 3. The molecule has 0 amide bonds. The van der Waals surface area contributed by atoms with Crippen molar-refractivity contribution in [1.82, 2.24) is 0 Å². The van der Waals surface area contributed by atoms with Crippen LogP contribution in [0.5, 0.6) is 0 Å². The second-order valence-electron chi connectivity index (χ2n) is 8.92. The van der Waals surface area contributed by atoms with E-state index in [2.05, 4.69) is 100 Å². The average molecular weight is 383 g/mol. The van der Waals surface area contributed by atoms with Crippen molar-refractivity contribution in [3.63, 3.8) is 0 Å². The van der Waals surface area contributed by atoms with Crippen molar-refractivity contribution >= 4 is 17.6 Å². The molecule has 4 rings (SSSR count). The molecule has 1 aliphatic rings. The Balaban J connectivity index is 1.60. The number of nitrogens with zero attached hydrogens (tertiary/aromatic N) is 2. The minimum atomic E-state index is 0.189. The summed E-state index contributed by atoms with van der Waals surface area (Å²) in [7, 11) is 2.21. The topological polar surface area (TPSA) is 15.6 Å². The van der Waals surface area contributed by atoms with E-state index in [0.29, 0.717) is 5.92 Å². The molecule has 1 heterocycles. The van der Waals surface area contributed by atoms with Crippen LogP contribution in [0.2, 0.25) is 0 Å². The van der Waals surface area contributed by atoms with Crippen LogP contribution in [0, 0.1) is 6.92 Å². The summed E-state index contributed by atoms with van der Waals surface area (Å²) in [6.45, 7) is 9.18. The minimum absolute atomic E-state index is 0.189. The van der Waals surface area contributed by atoms with Crippen LogP contribution in [0.3, 0.4) is 0 Å². The summed E-state index contributed by atoms with van der Waals surface area (Å²) >= 11 is 0. The third-order valence-electron chi connectivity index (χ3n) is 6.35. The Labute approximate surface area is 174 Å². The number of hydrogen-bond acceptors (Lipinski definition) is 2. The lowest BCUT2D eigenvalue weighted by Gasteiger charge is -2.45. The maximum Gasteiger partial charge on any atom is 0.0630 e. The fourth-order valence-electron chi connectivity index (χ4n) is 4.39. The third-order valence-corrected chi connectivity index (χ3v) is 6.35. The molecule has 29 heavy (non-hydrogen) atoms. The molecule has 0 saturated heterocycles. The molecule has 0 fully saturated rings. The zero-order chi connectivity index (χ0) is 20.6. The molecule has 0 aliphatic carbocycles. The maximum atomic E-state index is 4.76. The summed E-state index contributed by atoms with van der Waals surface area (Å²) in [6.07, 6.45) is 3.18. The van der Waals surface area contributed by atoms with Gasteiger partial charge in [0.15, 0.2) is 0 Å². The summed E-state index contributed by atoms with van der Waals surface area (Å²) in [6, 6.07) is 23.6. The second-order valence-corrected chi connectivity index (χ2v) is 8.92. The molecule has 1 atom stereocenters. The molecule has 2 heteroatoms. The number of aryl methyl sites for hydroxylation is 1. The lowest BCUT2D eigenvalue weighted by atomic mass is 9.79. The molecule has 0 saturated carbocycles. The lowest BCUT2D eigenvalue weighted by molar-refractivity contribution is 0.395. The summed E-state index contributed by atoms with van der Waals surface area (Å²) in [5.74, 6) is 0.550. The van der Waals surface area contributed by atoms with Crippen LogP contribution in [0.1, 0.15) is 49.8 Å². The molecule has 0 radical (unpaired) electrons. The number of benzene rings is 3. The first-order valence-electron chi connectivity index (χ1n) is 10.4. The lowest BCUT2D eigenvalue weighted by Crippen LogP contribution is -2.45. The fourth-order valence-corrected chi connectivity index (χ4v) is 4.39. The molecule has 1 unspecified atom stereocenters. The third kappa shape index (κ3) is 3.85. The van der Waals surface area contributed by atoms with Crippen LogP contribution < -0.4 is 4.90 Å². The zero-order valence-electron chi connectivity index (χ0n) is 18.1. The van der Waals surface area contributed by atoms with Gasteiger partial charge >= 0.3 is 0 Å². The van der Waals surface area contributed by atoms with Crippen LogP contribution in [-0.4, -0.2) is 18.8 Å². The van der Waals surface area contributed by atoms with Crippen molar-refractivity contribution in [3.8, 4) is 11.1 Å². The predicted molar refractivity (Wildman–Crippen MR) is 126 cm³/mol. The first-order valence-corrected chi connectivity index (χ1v) is 10.4. The Bertz CT molecular complexity index is 1030. The fraction of sp³-hybridized carbons (Fsp3) is 0.296. The van der Waals surface area contributed by atoms with Gasteiger partial charge in [-0.15, -0.1) is 0 Å². The van der Waals surface area contributed by atoms with E-state index in [4.69, 9.17) is 4.99 Å². The molecule has 3 aromatic carbocycles. The number of anilines is 1. The zero-order valence-corrected chi connectivity index (χ0v) is 18.1. The van der Waals surface area contributed by atoms with E-state index in [-0.39, 0.29) is 5.54 Å². The standard InChI is InChI=1S/C27H30N2/c1-19-15-26-25(20(2)17-27(3,4)29(26)5)16-23(19)18-28-24-13-11-22(12-14-24)21-9-7-6-8-10-21/h6-16,18,20H,17H2,1-5H3. The molecule has 0 N–H and O–H groups in total. The highest BCUT2D eigenvalue weighted by Gasteiger charge is 2.34. The van der Waals surface area contributed by atoms with E-state index < -0.39 is 0 Å². The van der Waals surface area contributed by atoms with E-state index in [0.717, 1.165) is 12.1 Å². The molecule has 148 valence electrons. The van der Waals surface area contributed by atoms with Gasteiger partial charge in [0, 0.05) is 24.5 Å². The second kappa shape index (κ2) is 7.51. The van der Waals surface area contributed by atoms with Gasteiger partial charge in [-0.2, -0.15) is 0 Å². The van der Waals surface area contributed by atoms with Gasteiger partial charge in [-0.25, -0.2) is 0 Å². The molecule has 0 bridgehead atoms. The van der Waals surface area contributed by atoms with Crippen molar-refractivity contribution in [2.45, 2.75) is 45.6 Å². The Kier molecular flexibility index (Phi) is 5.04. The van der Waals surface area contributed by atoms with Crippen LogP contribution in [0.25, 0.3) is 11.1 Å². The molecule has 3 aromatic rings. The largest absolute Gasteiger partial charge is 0.369 e. The van der Waals surface area contributed by atoms with Gasteiger partial charge in [-0.1, -0.05) is 49.4 Å². The molecule has 0 aromatic heterocycles. The Hall–Kier alpha value is -2.87. The summed E-state index contributed by atoms with van der Waals surface area (Å²) in [4.78, 5) is 7.18. The molecule has 2 nitrogen and oxygen atoms in total. The molecular formula is C27H30N2.